The number of amides is 2. The zero-order chi connectivity index (χ0) is 15.9. The van der Waals surface area contributed by atoms with Crippen LogP contribution in [0.25, 0.3) is 0 Å². The van der Waals surface area contributed by atoms with Gasteiger partial charge in [-0.05, 0) is 25.3 Å². The lowest BCUT2D eigenvalue weighted by atomic mass is 10.2. The molecule has 1 aromatic rings. The highest BCUT2D eigenvalue weighted by atomic mass is 16.5. The summed E-state index contributed by atoms with van der Waals surface area (Å²) >= 11 is 0. The third-order valence-corrected chi connectivity index (χ3v) is 3.58. The first-order valence-corrected chi connectivity index (χ1v) is 7.43. The molecule has 0 aliphatic carbocycles. The normalized spacial score (nSPS) is 17.1. The maximum Gasteiger partial charge on any atom is 0.397 e. The third-order valence-electron chi connectivity index (χ3n) is 3.58. The summed E-state index contributed by atoms with van der Waals surface area (Å²) in [6.07, 6.45) is 1.26. The van der Waals surface area contributed by atoms with Crippen molar-refractivity contribution in [2.24, 2.45) is 0 Å². The Hall–Kier alpha value is -2.37. The molecule has 2 rings (SSSR count). The van der Waals surface area contributed by atoms with Crippen molar-refractivity contribution in [1.82, 2.24) is 10.2 Å². The number of likely N-dealkylation sites (tertiary alicyclic amines) is 1. The average Bonchev–Trinajstić information content (AvgIpc) is 3.02. The Bertz CT molecular complexity index is 544. The first kappa shape index (κ1) is 16.0. The van der Waals surface area contributed by atoms with Crippen molar-refractivity contribution in [2.75, 3.05) is 13.2 Å². The highest BCUT2D eigenvalue weighted by molar-refractivity contribution is 6.32. The lowest BCUT2D eigenvalue weighted by Gasteiger charge is -2.22. The minimum atomic E-state index is -0.898. The molecule has 0 saturated carbocycles. The Balaban J connectivity index is 1.93. The number of esters is 1. The first-order chi connectivity index (χ1) is 10.6. The number of hydrogen-bond acceptors (Lipinski definition) is 4. The van der Waals surface area contributed by atoms with E-state index in [1.165, 1.54) is 4.90 Å². The van der Waals surface area contributed by atoms with Crippen LogP contribution in [0.4, 0.5) is 0 Å². The largest absolute Gasteiger partial charge is 0.459 e. The summed E-state index contributed by atoms with van der Waals surface area (Å²) in [6, 6.07) is 8.93. The topological polar surface area (TPSA) is 75.7 Å². The lowest BCUT2D eigenvalue weighted by molar-refractivity contribution is -0.161. The summed E-state index contributed by atoms with van der Waals surface area (Å²) in [6.45, 7) is 2.58. The van der Waals surface area contributed by atoms with E-state index < -0.39 is 17.9 Å². The zero-order valence-electron chi connectivity index (χ0n) is 12.6. The second-order valence-corrected chi connectivity index (χ2v) is 5.08. The SMILES string of the molecule is CCOC(=O)C(=O)N1CCC[C@H]1C(=O)NCc1ccccc1. The van der Waals surface area contributed by atoms with Gasteiger partial charge >= 0.3 is 11.9 Å². The van der Waals surface area contributed by atoms with Gasteiger partial charge in [0.05, 0.1) is 6.61 Å². The summed E-state index contributed by atoms with van der Waals surface area (Å²) in [5.74, 6) is -1.87. The number of carbonyl (C=O) groups is 3. The van der Waals surface area contributed by atoms with Gasteiger partial charge in [0.2, 0.25) is 5.91 Å². The Morgan fingerprint density at radius 2 is 2.00 bits per heavy atom. The highest BCUT2D eigenvalue weighted by Crippen LogP contribution is 2.18. The maximum atomic E-state index is 12.3. The quantitative estimate of drug-likeness (QED) is 0.661. The Morgan fingerprint density at radius 3 is 2.68 bits per heavy atom. The van der Waals surface area contributed by atoms with Crippen molar-refractivity contribution < 1.29 is 19.1 Å². The van der Waals surface area contributed by atoms with E-state index >= 15 is 0 Å². The monoisotopic (exact) mass is 304 g/mol. The molecule has 1 fully saturated rings. The van der Waals surface area contributed by atoms with Crippen LogP contribution in [-0.2, 0) is 25.7 Å². The van der Waals surface area contributed by atoms with Crippen LogP contribution in [0.5, 0.6) is 0 Å². The molecule has 1 heterocycles. The van der Waals surface area contributed by atoms with E-state index in [0.29, 0.717) is 25.9 Å². The van der Waals surface area contributed by atoms with E-state index in [0.717, 1.165) is 5.56 Å². The molecule has 22 heavy (non-hydrogen) atoms. The molecule has 1 aromatic carbocycles. The molecule has 0 radical (unpaired) electrons. The van der Waals surface area contributed by atoms with Gasteiger partial charge in [-0.25, -0.2) is 4.79 Å². The molecule has 0 aromatic heterocycles. The van der Waals surface area contributed by atoms with Gasteiger partial charge in [0.1, 0.15) is 6.04 Å². The molecule has 1 aliphatic heterocycles. The smallest absolute Gasteiger partial charge is 0.397 e. The Morgan fingerprint density at radius 1 is 1.27 bits per heavy atom. The summed E-state index contributed by atoms with van der Waals surface area (Å²) in [7, 11) is 0. The van der Waals surface area contributed by atoms with Crippen LogP contribution in [0.2, 0.25) is 0 Å². The van der Waals surface area contributed by atoms with Crippen LogP contribution in [0.1, 0.15) is 25.3 Å². The first-order valence-electron chi connectivity index (χ1n) is 7.43. The molecule has 0 unspecified atom stereocenters. The molecule has 1 aliphatic rings. The van der Waals surface area contributed by atoms with Crippen molar-refractivity contribution in [1.29, 1.82) is 0 Å². The number of ether oxygens (including phenoxy) is 1. The Kier molecular flexibility index (Phi) is 5.52. The van der Waals surface area contributed by atoms with Gasteiger partial charge in [-0.1, -0.05) is 30.3 Å². The van der Waals surface area contributed by atoms with Gasteiger partial charge in [0, 0.05) is 13.1 Å². The van der Waals surface area contributed by atoms with Crippen molar-refractivity contribution in [3.05, 3.63) is 35.9 Å². The van der Waals surface area contributed by atoms with Crippen molar-refractivity contribution in [3.8, 4) is 0 Å². The fourth-order valence-corrected chi connectivity index (χ4v) is 2.50. The molecule has 118 valence electrons. The van der Waals surface area contributed by atoms with E-state index in [2.05, 4.69) is 5.32 Å². The predicted octanol–water partition coefficient (Wildman–Crippen LogP) is 0.857. The van der Waals surface area contributed by atoms with Gasteiger partial charge in [0.15, 0.2) is 0 Å². The number of rotatable bonds is 4. The van der Waals surface area contributed by atoms with Crippen LogP contribution in [0, 0.1) is 0 Å². The number of carbonyl (C=O) groups excluding carboxylic acids is 3. The van der Waals surface area contributed by atoms with Gasteiger partial charge in [0.25, 0.3) is 0 Å². The number of hydrogen-bond donors (Lipinski definition) is 1. The maximum absolute atomic E-state index is 12.3. The van der Waals surface area contributed by atoms with Crippen LogP contribution >= 0.6 is 0 Å². The second kappa shape index (κ2) is 7.59. The van der Waals surface area contributed by atoms with Crippen LogP contribution in [0.15, 0.2) is 30.3 Å². The molecule has 2 amide bonds. The second-order valence-electron chi connectivity index (χ2n) is 5.08. The van der Waals surface area contributed by atoms with E-state index in [1.807, 2.05) is 30.3 Å². The molecule has 1 N–H and O–H groups in total. The van der Waals surface area contributed by atoms with Crippen LogP contribution in [0.3, 0.4) is 0 Å². The van der Waals surface area contributed by atoms with E-state index in [1.54, 1.807) is 6.92 Å². The molecule has 6 nitrogen and oxygen atoms in total. The van der Waals surface area contributed by atoms with E-state index in [4.69, 9.17) is 4.74 Å². The third kappa shape index (κ3) is 3.84. The van der Waals surface area contributed by atoms with Crippen molar-refractivity contribution in [3.63, 3.8) is 0 Å². The molecule has 0 bridgehead atoms. The van der Waals surface area contributed by atoms with Crippen molar-refractivity contribution >= 4 is 17.8 Å². The summed E-state index contributed by atoms with van der Waals surface area (Å²) in [5.41, 5.74) is 0.983. The Labute approximate surface area is 129 Å². The number of nitrogens with zero attached hydrogens (tertiary/aromatic N) is 1. The zero-order valence-corrected chi connectivity index (χ0v) is 12.6. The average molecular weight is 304 g/mol. The minimum absolute atomic E-state index is 0.142. The minimum Gasteiger partial charge on any atom is -0.459 e. The highest BCUT2D eigenvalue weighted by Gasteiger charge is 2.37. The predicted molar refractivity (Wildman–Crippen MR) is 79.7 cm³/mol. The lowest BCUT2D eigenvalue weighted by Crippen LogP contribution is -2.48. The standard InChI is InChI=1S/C16H20N2O4/c1-2-22-16(21)15(20)18-10-6-9-13(18)14(19)17-11-12-7-4-3-5-8-12/h3-5,7-8,13H,2,6,9-11H2,1H3,(H,17,19)/t13-/m0/s1. The van der Waals surface area contributed by atoms with Crippen LogP contribution < -0.4 is 5.32 Å². The van der Waals surface area contributed by atoms with Crippen LogP contribution in [-0.4, -0.2) is 41.9 Å². The van der Waals surface area contributed by atoms with Gasteiger partial charge in [-0.15, -0.1) is 0 Å². The molecular weight excluding hydrogens is 284 g/mol. The van der Waals surface area contributed by atoms with Gasteiger partial charge in [-0.2, -0.15) is 0 Å². The molecule has 1 atom stereocenters. The molecular formula is C16H20N2O4. The molecule has 6 heteroatoms. The summed E-state index contributed by atoms with van der Waals surface area (Å²) in [5, 5.41) is 2.81. The van der Waals surface area contributed by atoms with Gasteiger partial charge in [-0.3, -0.25) is 9.59 Å². The summed E-state index contributed by atoms with van der Waals surface area (Å²) in [4.78, 5) is 37.1. The number of benzene rings is 1. The van der Waals surface area contributed by atoms with E-state index in [-0.39, 0.29) is 12.5 Å². The fourth-order valence-electron chi connectivity index (χ4n) is 2.50. The molecule has 1 saturated heterocycles. The molecule has 0 spiro atoms. The van der Waals surface area contributed by atoms with Gasteiger partial charge < -0.3 is 15.0 Å². The van der Waals surface area contributed by atoms with Crippen molar-refractivity contribution in [2.45, 2.75) is 32.4 Å². The van der Waals surface area contributed by atoms with E-state index in [9.17, 15) is 14.4 Å². The summed E-state index contributed by atoms with van der Waals surface area (Å²) < 4.78 is 4.71. The number of nitrogens with one attached hydrogen (secondary N) is 1. The fraction of sp³-hybridized carbons (Fsp3) is 0.438.